The van der Waals surface area contributed by atoms with Crippen molar-refractivity contribution in [2.75, 3.05) is 26.2 Å². The summed E-state index contributed by atoms with van der Waals surface area (Å²) in [6.45, 7) is 2.95. The summed E-state index contributed by atoms with van der Waals surface area (Å²) in [5, 5.41) is 9.70. The number of nitrogens with zero attached hydrogens (tertiary/aromatic N) is 3. The summed E-state index contributed by atoms with van der Waals surface area (Å²) in [4.78, 5) is 29.8. The average Bonchev–Trinajstić information content (AvgIpc) is 3.14. The van der Waals surface area contributed by atoms with E-state index in [2.05, 4.69) is 4.90 Å². The molecule has 30 heavy (non-hydrogen) atoms. The second-order valence-electron chi connectivity index (χ2n) is 9.62. The monoisotopic (exact) mass is 421 g/mol. The number of β-amino-alcohol motifs (C(OH)–C–C–N with tert-alkyl or cyclic N) is 1. The van der Waals surface area contributed by atoms with Crippen LogP contribution in [-0.4, -0.2) is 69.6 Å². The summed E-state index contributed by atoms with van der Waals surface area (Å²) in [7, 11) is 0. The van der Waals surface area contributed by atoms with Crippen molar-refractivity contribution in [3.8, 4) is 0 Å². The van der Waals surface area contributed by atoms with Crippen LogP contribution in [-0.2, 0) is 6.54 Å². The molecule has 1 aromatic rings. The number of likely N-dealkylation sites (tertiary alicyclic amines) is 2. The maximum Gasteiger partial charge on any atom is 0.263 e. The number of hydrogen-bond acceptors (Lipinski definition) is 4. The van der Waals surface area contributed by atoms with Gasteiger partial charge in [-0.3, -0.25) is 14.5 Å². The fraction of sp³-hybridized carbons (Fsp3) is 0.727. The number of hydrogen-bond donors (Lipinski definition) is 1. The zero-order valence-electron chi connectivity index (χ0n) is 17.1. The predicted molar refractivity (Wildman–Crippen MR) is 107 cm³/mol. The molecule has 164 valence electrons. The molecule has 5 rings (SSSR count). The number of piperidine rings is 1. The van der Waals surface area contributed by atoms with Crippen LogP contribution >= 0.6 is 0 Å². The van der Waals surface area contributed by atoms with Crippen molar-refractivity contribution >= 4 is 5.91 Å². The lowest BCUT2D eigenvalue weighted by Gasteiger charge is -2.47. The van der Waals surface area contributed by atoms with Gasteiger partial charge in [-0.25, -0.2) is 8.78 Å². The molecule has 0 aromatic carbocycles. The normalized spacial score (nSPS) is 31.6. The van der Waals surface area contributed by atoms with Gasteiger partial charge in [0.05, 0.1) is 6.10 Å². The molecule has 2 saturated heterocycles. The number of halogens is 2. The minimum absolute atomic E-state index is 0.0315. The van der Waals surface area contributed by atoms with E-state index in [0.29, 0.717) is 38.3 Å². The summed E-state index contributed by atoms with van der Waals surface area (Å²) in [5.41, 5.74) is 0.902. The van der Waals surface area contributed by atoms with Gasteiger partial charge in [0, 0.05) is 63.2 Å². The zero-order valence-corrected chi connectivity index (χ0v) is 17.1. The van der Waals surface area contributed by atoms with Crippen molar-refractivity contribution in [3.63, 3.8) is 0 Å². The fourth-order valence-corrected chi connectivity index (χ4v) is 5.93. The van der Waals surface area contributed by atoms with Crippen LogP contribution in [0.1, 0.15) is 60.5 Å². The van der Waals surface area contributed by atoms with Gasteiger partial charge in [0.2, 0.25) is 5.92 Å². The summed E-state index contributed by atoms with van der Waals surface area (Å²) in [6.07, 6.45) is 2.05. The van der Waals surface area contributed by atoms with E-state index in [1.807, 2.05) is 6.07 Å². The number of aliphatic hydroxyl groups excluding tert-OH is 1. The predicted octanol–water partition coefficient (Wildman–Crippen LogP) is 2.05. The maximum atomic E-state index is 13.6. The topological polar surface area (TPSA) is 65.8 Å². The maximum absolute atomic E-state index is 13.6. The first-order valence-electron chi connectivity index (χ1n) is 11.1. The SMILES string of the molecule is O=C(c1ccc2n(c1=O)C[C@H]1C[C@@H]2CN(C2CCC(F)(F)CC2)C1)N1CC[C@@H](O)C1. The summed E-state index contributed by atoms with van der Waals surface area (Å²) < 4.78 is 28.9. The third kappa shape index (κ3) is 3.58. The van der Waals surface area contributed by atoms with E-state index in [9.17, 15) is 23.5 Å². The van der Waals surface area contributed by atoms with Gasteiger partial charge in [-0.05, 0) is 43.7 Å². The van der Waals surface area contributed by atoms with E-state index in [0.717, 1.165) is 25.2 Å². The number of alkyl halides is 2. The molecule has 4 aliphatic rings. The Hall–Kier alpha value is -1.80. The lowest BCUT2D eigenvalue weighted by Crippen LogP contribution is -2.52. The molecule has 1 saturated carbocycles. The molecule has 8 heteroatoms. The molecule has 1 N–H and O–H groups in total. The number of rotatable bonds is 2. The number of pyridine rings is 1. The Labute approximate surface area is 174 Å². The smallest absolute Gasteiger partial charge is 0.263 e. The van der Waals surface area contributed by atoms with Crippen LogP contribution in [0.2, 0.25) is 0 Å². The van der Waals surface area contributed by atoms with Gasteiger partial charge in [0.15, 0.2) is 0 Å². The lowest BCUT2D eigenvalue weighted by molar-refractivity contribution is -0.0602. The van der Waals surface area contributed by atoms with Gasteiger partial charge in [-0.15, -0.1) is 0 Å². The Balaban J connectivity index is 1.35. The van der Waals surface area contributed by atoms with E-state index in [1.165, 1.54) is 0 Å². The molecule has 1 amide bonds. The Morgan fingerprint density at radius 1 is 1.07 bits per heavy atom. The molecule has 4 heterocycles. The lowest BCUT2D eigenvalue weighted by atomic mass is 9.80. The minimum atomic E-state index is -2.52. The molecule has 3 aliphatic heterocycles. The summed E-state index contributed by atoms with van der Waals surface area (Å²) >= 11 is 0. The van der Waals surface area contributed by atoms with Gasteiger partial charge >= 0.3 is 0 Å². The van der Waals surface area contributed by atoms with E-state index in [-0.39, 0.29) is 48.4 Å². The standard InChI is InChI=1S/C22H29F2N3O3/c23-22(24)6-3-16(4-7-22)26-10-14-9-15(12-26)19-2-1-18(21(30)27(19)11-14)20(29)25-8-5-17(28)13-25/h1-2,14-17,28H,3-13H2/t14-,15+,17+/m0/s1. The Bertz CT molecular complexity index is 892. The Morgan fingerprint density at radius 3 is 2.53 bits per heavy atom. The third-order valence-electron chi connectivity index (χ3n) is 7.52. The van der Waals surface area contributed by atoms with Crippen LogP contribution in [0, 0.1) is 5.92 Å². The van der Waals surface area contributed by atoms with Gasteiger partial charge in [-0.2, -0.15) is 0 Å². The highest BCUT2D eigenvalue weighted by molar-refractivity contribution is 5.94. The molecule has 0 radical (unpaired) electrons. The highest BCUT2D eigenvalue weighted by Gasteiger charge is 2.42. The van der Waals surface area contributed by atoms with Crippen molar-refractivity contribution in [1.29, 1.82) is 0 Å². The molecule has 1 aromatic heterocycles. The highest BCUT2D eigenvalue weighted by atomic mass is 19.3. The first kappa shape index (κ1) is 20.1. The number of aromatic nitrogens is 1. The van der Waals surface area contributed by atoms with Crippen LogP contribution in [0.3, 0.4) is 0 Å². The van der Waals surface area contributed by atoms with E-state index in [1.54, 1.807) is 15.5 Å². The molecule has 0 spiro atoms. The minimum Gasteiger partial charge on any atom is -0.391 e. The number of aliphatic hydroxyl groups is 1. The molecule has 1 aliphatic carbocycles. The fourth-order valence-electron chi connectivity index (χ4n) is 5.93. The Morgan fingerprint density at radius 2 is 1.83 bits per heavy atom. The van der Waals surface area contributed by atoms with Gasteiger partial charge < -0.3 is 14.6 Å². The second-order valence-corrected chi connectivity index (χ2v) is 9.62. The molecule has 3 atom stereocenters. The first-order valence-corrected chi connectivity index (χ1v) is 11.1. The quantitative estimate of drug-likeness (QED) is 0.794. The molecule has 2 bridgehead atoms. The zero-order chi connectivity index (χ0) is 21.0. The molecule has 6 nitrogen and oxygen atoms in total. The molecule has 0 unspecified atom stereocenters. The van der Waals surface area contributed by atoms with Gasteiger partial charge in [0.25, 0.3) is 11.5 Å². The first-order chi connectivity index (χ1) is 14.3. The van der Waals surface area contributed by atoms with Crippen LogP contribution < -0.4 is 5.56 Å². The van der Waals surface area contributed by atoms with Crippen LogP contribution in [0.5, 0.6) is 0 Å². The molecule has 3 fully saturated rings. The number of amides is 1. The van der Waals surface area contributed by atoms with Gasteiger partial charge in [0.1, 0.15) is 5.56 Å². The average molecular weight is 421 g/mol. The second kappa shape index (κ2) is 7.41. The Kier molecular flexibility index (Phi) is 4.97. The van der Waals surface area contributed by atoms with Crippen molar-refractivity contribution < 1.29 is 18.7 Å². The molecular weight excluding hydrogens is 392 g/mol. The van der Waals surface area contributed by atoms with Crippen LogP contribution in [0.4, 0.5) is 8.78 Å². The number of carbonyl (C=O) groups excluding carboxylic acids is 1. The summed E-state index contributed by atoms with van der Waals surface area (Å²) in [6, 6.07) is 3.75. The van der Waals surface area contributed by atoms with E-state index >= 15 is 0 Å². The van der Waals surface area contributed by atoms with Crippen molar-refractivity contribution in [1.82, 2.24) is 14.4 Å². The van der Waals surface area contributed by atoms with Crippen LogP contribution in [0.25, 0.3) is 0 Å². The highest BCUT2D eigenvalue weighted by Crippen LogP contribution is 2.40. The largest absolute Gasteiger partial charge is 0.391 e. The van der Waals surface area contributed by atoms with Gasteiger partial charge in [-0.1, -0.05) is 0 Å². The summed E-state index contributed by atoms with van der Waals surface area (Å²) in [5.74, 6) is -2.32. The van der Waals surface area contributed by atoms with Crippen molar-refractivity contribution in [2.45, 2.75) is 69.1 Å². The molecular formula is C22H29F2N3O3. The number of carbonyl (C=O) groups is 1. The van der Waals surface area contributed by atoms with Crippen LogP contribution in [0.15, 0.2) is 16.9 Å². The van der Waals surface area contributed by atoms with E-state index in [4.69, 9.17) is 0 Å². The number of fused-ring (bicyclic) bond motifs is 4. The van der Waals surface area contributed by atoms with Crippen molar-refractivity contribution in [3.05, 3.63) is 33.7 Å². The van der Waals surface area contributed by atoms with Crippen molar-refractivity contribution in [2.24, 2.45) is 5.92 Å². The van der Waals surface area contributed by atoms with E-state index < -0.39 is 12.0 Å². The third-order valence-corrected chi connectivity index (χ3v) is 7.52.